The van der Waals surface area contributed by atoms with E-state index in [2.05, 4.69) is 5.32 Å². The fourth-order valence-electron chi connectivity index (χ4n) is 2.70. The summed E-state index contributed by atoms with van der Waals surface area (Å²) in [5, 5.41) is 3.68. The average molecular weight is 316 g/mol. The van der Waals surface area contributed by atoms with Gasteiger partial charge in [-0.25, -0.2) is 0 Å². The van der Waals surface area contributed by atoms with Gasteiger partial charge in [0.15, 0.2) is 0 Å². The highest BCUT2D eigenvalue weighted by Crippen LogP contribution is 2.48. The van der Waals surface area contributed by atoms with E-state index in [0.29, 0.717) is 10.9 Å². The Morgan fingerprint density at radius 1 is 1.23 bits per heavy atom. The van der Waals surface area contributed by atoms with Crippen molar-refractivity contribution in [2.24, 2.45) is 5.92 Å². The third kappa shape index (κ3) is 3.09. The molecule has 0 heterocycles. The lowest BCUT2D eigenvalue weighted by atomic mass is 10.1. The van der Waals surface area contributed by atoms with Crippen molar-refractivity contribution in [1.29, 1.82) is 0 Å². The monoisotopic (exact) mass is 315 g/mol. The minimum atomic E-state index is 0.0449. The van der Waals surface area contributed by atoms with Crippen LogP contribution in [0.2, 0.25) is 5.02 Å². The lowest BCUT2D eigenvalue weighted by molar-refractivity contribution is -0.117. The van der Waals surface area contributed by atoms with Crippen LogP contribution in [0.25, 0.3) is 0 Å². The molecule has 2 atom stereocenters. The molecule has 1 N–H and O–H groups in total. The molecule has 1 aliphatic carbocycles. The Morgan fingerprint density at radius 2 is 1.95 bits per heavy atom. The molecular weight excluding hydrogens is 298 g/mol. The zero-order valence-electron chi connectivity index (χ0n) is 12.6. The zero-order chi connectivity index (χ0) is 15.7. The first-order chi connectivity index (χ1) is 10.6. The van der Waals surface area contributed by atoms with Gasteiger partial charge in [0.1, 0.15) is 5.75 Å². The molecule has 1 saturated carbocycles. The van der Waals surface area contributed by atoms with Gasteiger partial charge in [0, 0.05) is 16.6 Å². The number of hydrogen-bond acceptors (Lipinski definition) is 2. The van der Waals surface area contributed by atoms with E-state index in [0.717, 1.165) is 23.4 Å². The molecule has 0 aromatic heterocycles. The van der Waals surface area contributed by atoms with E-state index in [4.69, 9.17) is 16.3 Å². The maximum absolute atomic E-state index is 12.3. The van der Waals surface area contributed by atoms with Crippen LogP contribution >= 0.6 is 11.6 Å². The predicted molar refractivity (Wildman–Crippen MR) is 88.7 cm³/mol. The summed E-state index contributed by atoms with van der Waals surface area (Å²) in [7, 11) is 1.65. The summed E-state index contributed by atoms with van der Waals surface area (Å²) in [5.74, 6) is 1.26. The van der Waals surface area contributed by atoms with Crippen LogP contribution < -0.4 is 10.1 Å². The molecule has 2 aromatic carbocycles. The fraction of sp³-hybridized carbons (Fsp3) is 0.278. The first kappa shape index (κ1) is 14.9. The molecule has 1 aliphatic rings. The van der Waals surface area contributed by atoms with Gasteiger partial charge in [0.05, 0.1) is 7.11 Å². The maximum Gasteiger partial charge on any atom is 0.228 e. The quantitative estimate of drug-likeness (QED) is 0.908. The second kappa shape index (κ2) is 6.01. The number of carbonyl (C=O) groups is 1. The number of benzene rings is 2. The minimum Gasteiger partial charge on any atom is -0.497 e. The van der Waals surface area contributed by atoms with Crippen molar-refractivity contribution in [3.8, 4) is 5.75 Å². The maximum atomic E-state index is 12.3. The molecule has 0 radical (unpaired) electrons. The minimum absolute atomic E-state index is 0.0449. The molecule has 1 amide bonds. The predicted octanol–water partition coefficient (Wildman–Crippen LogP) is 4.40. The van der Waals surface area contributed by atoms with Crippen LogP contribution in [0.5, 0.6) is 5.75 Å². The number of anilines is 1. The smallest absolute Gasteiger partial charge is 0.228 e. The van der Waals surface area contributed by atoms with Crippen LogP contribution in [0, 0.1) is 12.8 Å². The van der Waals surface area contributed by atoms with Gasteiger partial charge in [-0.2, -0.15) is 0 Å². The third-order valence-electron chi connectivity index (χ3n) is 4.12. The van der Waals surface area contributed by atoms with Crippen LogP contribution in [0.4, 0.5) is 5.69 Å². The van der Waals surface area contributed by atoms with Crippen LogP contribution in [0.3, 0.4) is 0 Å². The fourth-order valence-corrected chi connectivity index (χ4v) is 2.92. The van der Waals surface area contributed by atoms with Crippen LogP contribution in [0.1, 0.15) is 23.5 Å². The number of methoxy groups -OCH3 is 1. The summed E-state index contributed by atoms with van der Waals surface area (Å²) in [4.78, 5) is 12.3. The Morgan fingerprint density at radius 3 is 2.59 bits per heavy atom. The van der Waals surface area contributed by atoms with Crippen LogP contribution in [0.15, 0.2) is 42.5 Å². The summed E-state index contributed by atoms with van der Waals surface area (Å²) in [6.07, 6.45) is 0.894. The number of carbonyl (C=O) groups excluding carboxylic acids is 1. The highest BCUT2D eigenvalue weighted by atomic mass is 35.5. The summed E-state index contributed by atoms with van der Waals surface area (Å²) in [5.41, 5.74) is 2.99. The molecule has 22 heavy (non-hydrogen) atoms. The van der Waals surface area contributed by atoms with E-state index in [1.165, 1.54) is 5.56 Å². The van der Waals surface area contributed by atoms with Gasteiger partial charge >= 0.3 is 0 Å². The SMILES string of the molecule is COc1ccc(C2CC2C(=O)Nc2ccc(Cl)cc2C)cc1. The van der Waals surface area contributed by atoms with E-state index in [1.54, 1.807) is 13.2 Å². The molecule has 3 nitrogen and oxygen atoms in total. The number of aryl methyl sites for hydroxylation is 1. The largest absolute Gasteiger partial charge is 0.497 e. The lowest BCUT2D eigenvalue weighted by Crippen LogP contribution is -2.15. The standard InChI is InChI=1S/C18H18ClNO2/c1-11-9-13(19)5-8-17(11)20-18(21)16-10-15(16)12-3-6-14(22-2)7-4-12/h3-9,15-16H,10H2,1-2H3,(H,20,21). The van der Waals surface area contributed by atoms with Crippen LogP contribution in [-0.4, -0.2) is 13.0 Å². The van der Waals surface area contributed by atoms with E-state index >= 15 is 0 Å². The second-order valence-corrected chi connectivity index (χ2v) is 6.11. The number of rotatable bonds is 4. The Balaban J connectivity index is 1.64. The van der Waals surface area contributed by atoms with Gasteiger partial charge in [-0.15, -0.1) is 0 Å². The van der Waals surface area contributed by atoms with E-state index in [9.17, 15) is 4.79 Å². The molecule has 0 spiro atoms. The number of amides is 1. The Labute approximate surface area is 135 Å². The van der Waals surface area contributed by atoms with E-state index < -0.39 is 0 Å². The molecule has 3 rings (SSSR count). The Hall–Kier alpha value is -2.00. The van der Waals surface area contributed by atoms with Crippen molar-refractivity contribution in [2.45, 2.75) is 19.3 Å². The summed E-state index contributed by atoms with van der Waals surface area (Å²) in [6.45, 7) is 1.94. The zero-order valence-corrected chi connectivity index (χ0v) is 13.4. The topological polar surface area (TPSA) is 38.3 Å². The van der Waals surface area contributed by atoms with Gasteiger partial charge < -0.3 is 10.1 Å². The lowest BCUT2D eigenvalue weighted by Gasteiger charge is -2.09. The van der Waals surface area contributed by atoms with Gasteiger partial charge in [-0.05, 0) is 60.7 Å². The highest BCUT2D eigenvalue weighted by molar-refractivity contribution is 6.30. The summed E-state index contributed by atoms with van der Waals surface area (Å²) >= 11 is 5.93. The highest BCUT2D eigenvalue weighted by Gasteiger charge is 2.43. The molecule has 4 heteroatoms. The summed E-state index contributed by atoms with van der Waals surface area (Å²) < 4.78 is 5.16. The van der Waals surface area contributed by atoms with Crippen molar-refractivity contribution in [2.75, 3.05) is 12.4 Å². The molecule has 2 aromatic rings. The van der Waals surface area contributed by atoms with Gasteiger partial charge in [-0.1, -0.05) is 23.7 Å². The number of nitrogens with one attached hydrogen (secondary N) is 1. The molecule has 0 saturated heterocycles. The van der Waals surface area contributed by atoms with Gasteiger partial charge in [-0.3, -0.25) is 4.79 Å². The van der Waals surface area contributed by atoms with Crippen molar-refractivity contribution in [3.63, 3.8) is 0 Å². The molecule has 2 unspecified atom stereocenters. The number of halogens is 1. The number of hydrogen-bond donors (Lipinski definition) is 1. The number of ether oxygens (including phenoxy) is 1. The van der Waals surface area contributed by atoms with Crippen LogP contribution in [-0.2, 0) is 4.79 Å². The molecule has 1 fully saturated rings. The van der Waals surface area contributed by atoms with Gasteiger partial charge in [0.2, 0.25) is 5.91 Å². The molecule has 0 bridgehead atoms. The molecule has 114 valence electrons. The van der Waals surface area contributed by atoms with E-state index in [-0.39, 0.29) is 11.8 Å². The second-order valence-electron chi connectivity index (χ2n) is 5.67. The van der Waals surface area contributed by atoms with E-state index in [1.807, 2.05) is 43.3 Å². The van der Waals surface area contributed by atoms with Crippen molar-refractivity contribution in [3.05, 3.63) is 58.6 Å². The Kier molecular flexibility index (Phi) is 4.08. The first-order valence-corrected chi connectivity index (χ1v) is 7.67. The van der Waals surface area contributed by atoms with Gasteiger partial charge in [0.25, 0.3) is 0 Å². The molecule has 0 aliphatic heterocycles. The van der Waals surface area contributed by atoms with Crippen molar-refractivity contribution < 1.29 is 9.53 Å². The Bertz CT molecular complexity index is 697. The average Bonchev–Trinajstić information content (AvgIpc) is 3.31. The molecular formula is C18H18ClNO2. The van der Waals surface area contributed by atoms with Crippen molar-refractivity contribution in [1.82, 2.24) is 0 Å². The van der Waals surface area contributed by atoms with Crippen molar-refractivity contribution >= 4 is 23.2 Å². The normalized spacial score (nSPS) is 19.6. The third-order valence-corrected chi connectivity index (χ3v) is 4.35. The summed E-state index contributed by atoms with van der Waals surface area (Å²) in [6, 6.07) is 13.4. The first-order valence-electron chi connectivity index (χ1n) is 7.29.